The standard InChI is InChI=1S/C7H6O2.B.4FH.N2/c8-7(9)6-4-2-1-3-5-6;;;;;;1-2/h1-5H,(H,8,9);;4*1H;. The SMILES string of the molecule is F.F.F.F.N#N.O=C(O)c1ccccc1.[B]. The molecule has 0 heterocycles. The first-order valence-corrected chi connectivity index (χ1v) is 2.79. The highest BCUT2D eigenvalue weighted by Crippen LogP contribution is 1.96. The molecule has 91 valence electrons. The third-order valence-electron chi connectivity index (χ3n) is 1.02. The molecule has 1 rings (SSSR count). The maximum Gasteiger partial charge on any atom is 0.335 e. The van der Waals surface area contributed by atoms with Gasteiger partial charge in [0.15, 0.2) is 0 Å². The first-order chi connectivity index (χ1) is 5.30. The molecule has 0 amide bonds. The van der Waals surface area contributed by atoms with Crippen molar-refractivity contribution in [1.82, 2.24) is 0 Å². The van der Waals surface area contributed by atoms with Gasteiger partial charge in [0, 0.05) is 19.2 Å². The highest BCUT2D eigenvalue weighted by atomic mass is 19.0. The van der Waals surface area contributed by atoms with Gasteiger partial charge < -0.3 is 5.11 Å². The van der Waals surface area contributed by atoms with E-state index in [-0.39, 0.29) is 27.2 Å². The van der Waals surface area contributed by atoms with Crippen LogP contribution in [0.3, 0.4) is 0 Å². The van der Waals surface area contributed by atoms with E-state index in [1.807, 2.05) is 0 Å². The van der Waals surface area contributed by atoms with Gasteiger partial charge in [-0.05, 0) is 12.1 Å². The van der Waals surface area contributed by atoms with E-state index in [9.17, 15) is 4.79 Å². The molecule has 0 aliphatic carbocycles. The molecule has 0 fully saturated rings. The minimum absolute atomic E-state index is 0. The topological polar surface area (TPSA) is 84.9 Å². The van der Waals surface area contributed by atoms with E-state index in [1.54, 1.807) is 30.3 Å². The number of rotatable bonds is 1. The number of nitrogens with zero attached hydrogens (tertiary/aromatic N) is 2. The Labute approximate surface area is 90.7 Å². The van der Waals surface area contributed by atoms with E-state index in [0.29, 0.717) is 5.56 Å². The molecule has 4 nitrogen and oxygen atoms in total. The molecule has 0 spiro atoms. The summed E-state index contributed by atoms with van der Waals surface area (Å²) in [7, 11) is 0. The van der Waals surface area contributed by atoms with Gasteiger partial charge in [-0.1, -0.05) is 18.2 Å². The van der Waals surface area contributed by atoms with Gasteiger partial charge in [-0.3, -0.25) is 18.8 Å². The zero-order valence-electron chi connectivity index (χ0n) is 7.85. The van der Waals surface area contributed by atoms with Crippen LogP contribution in [0.1, 0.15) is 10.4 Å². The van der Waals surface area contributed by atoms with Gasteiger partial charge in [-0.15, -0.1) is 0 Å². The van der Waals surface area contributed by atoms with Crippen LogP contribution in [0.2, 0.25) is 0 Å². The average Bonchev–Trinajstić information content (AvgIpc) is 2.10. The number of halogens is 4. The first-order valence-electron chi connectivity index (χ1n) is 2.79. The predicted molar refractivity (Wildman–Crippen MR) is 52.6 cm³/mol. The Balaban J connectivity index is -0.0000000339. The summed E-state index contributed by atoms with van der Waals surface area (Å²) < 4.78 is 0. The maximum atomic E-state index is 10.2. The summed E-state index contributed by atoms with van der Waals surface area (Å²) in [6, 6.07) is 8.30. The second kappa shape index (κ2) is 23.1. The molecule has 16 heavy (non-hydrogen) atoms. The van der Waals surface area contributed by atoms with E-state index < -0.39 is 5.97 Å². The van der Waals surface area contributed by atoms with E-state index in [2.05, 4.69) is 0 Å². The van der Waals surface area contributed by atoms with Gasteiger partial charge in [0.2, 0.25) is 0 Å². The number of carboxylic acids is 1. The number of aromatic carboxylic acids is 1. The molecular weight excluding hydrogens is 231 g/mol. The lowest BCUT2D eigenvalue weighted by molar-refractivity contribution is 0.0697. The summed E-state index contributed by atoms with van der Waals surface area (Å²) in [5.41, 5.74) is 0.331. The fraction of sp³-hybridized carbons (Fsp3) is 0. The van der Waals surface area contributed by atoms with Crippen LogP contribution in [-0.2, 0) is 0 Å². The predicted octanol–water partition coefficient (Wildman–Crippen LogP) is 1.64. The zero-order chi connectivity index (χ0) is 8.69. The van der Waals surface area contributed by atoms with Crippen LogP contribution in [0.5, 0.6) is 0 Å². The number of carboxylic acid groups (broad SMARTS) is 1. The zero-order valence-corrected chi connectivity index (χ0v) is 7.85. The smallest absolute Gasteiger partial charge is 0.335 e. The molecule has 9 heteroatoms. The molecule has 0 aliphatic rings. The maximum absolute atomic E-state index is 10.2. The van der Waals surface area contributed by atoms with Crippen molar-refractivity contribution in [3.63, 3.8) is 0 Å². The molecular formula is C7H10BF4N2O2. The minimum Gasteiger partial charge on any atom is -0.478 e. The molecule has 1 N–H and O–H groups in total. The molecule has 0 unspecified atom stereocenters. The minimum atomic E-state index is -0.879. The molecule has 0 aliphatic heterocycles. The van der Waals surface area contributed by atoms with Gasteiger partial charge in [0.25, 0.3) is 0 Å². The quantitative estimate of drug-likeness (QED) is 0.460. The van der Waals surface area contributed by atoms with Crippen molar-refractivity contribution in [2.45, 2.75) is 0 Å². The van der Waals surface area contributed by atoms with Crippen molar-refractivity contribution in [1.29, 1.82) is 10.8 Å². The van der Waals surface area contributed by atoms with E-state index in [0.717, 1.165) is 0 Å². The van der Waals surface area contributed by atoms with Gasteiger partial charge >= 0.3 is 5.97 Å². The second-order valence-electron chi connectivity index (χ2n) is 1.67. The van der Waals surface area contributed by atoms with Crippen LogP contribution >= 0.6 is 0 Å². The molecule has 0 atom stereocenters. The van der Waals surface area contributed by atoms with Gasteiger partial charge in [0.05, 0.1) is 5.56 Å². The Bertz CT molecular complexity index is 261. The number of hydrogen-bond donors (Lipinski definition) is 1. The van der Waals surface area contributed by atoms with Crippen molar-refractivity contribution >= 4 is 14.4 Å². The van der Waals surface area contributed by atoms with Crippen LogP contribution in [0.4, 0.5) is 18.8 Å². The number of hydrogen-bond acceptors (Lipinski definition) is 3. The normalized spacial score (nSPS) is 5.12. The van der Waals surface area contributed by atoms with Crippen molar-refractivity contribution < 1.29 is 28.7 Å². The van der Waals surface area contributed by atoms with E-state index in [1.165, 1.54) is 0 Å². The fourth-order valence-electron chi connectivity index (χ4n) is 0.581. The van der Waals surface area contributed by atoms with E-state index in [4.69, 9.17) is 15.9 Å². The highest BCUT2D eigenvalue weighted by Gasteiger charge is 1.96. The van der Waals surface area contributed by atoms with Crippen molar-refractivity contribution in [2.24, 2.45) is 0 Å². The molecule has 0 saturated carbocycles. The summed E-state index contributed by atoms with van der Waals surface area (Å²) in [5, 5.41) is 20.4. The Morgan fingerprint density at radius 1 is 0.938 bits per heavy atom. The van der Waals surface area contributed by atoms with Crippen LogP contribution in [-0.4, -0.2) is 19.5 Å². The lowest BCUT2D eigenvalue weighted by atomic mass is 10.2. The molecule has 0 saturated heterocycles. The Hall–Kier alpha value is -2.11. The molecule has 0 bridgehead atoms. The number of benzene rings is 1. The lowest BCUT2D eigenvalue weighted by Gasteiger charge is -1.88. The van der Waals surface area contributed by atoms with Crippen LogP contribution in [0.15, 0.2) is 30.3 Å². The summed E-state index contributed by atoms with van der Waals surface area (Å²) in [6.45, 7) is 0. The second-order valence-corrected chi connectivity index (χ2v) is 1.67. The Morgan fingerprint density at radius 3 is 1.44 bits per heavy atom. The van der Waals surface area contributed by atoms with Crippen LogP contribution < -0.4 is 0 Å². The summed E-state index contributed by atoms with van der Waals surface area (Å²) in [6.07, 6.45) is 0. The van der Waals surface area contributed by atoms with Crippen molar-refractivity contribution in [2.75, 3.05) is 0 Å². The monoisotopic (exact) mass is 241 g/mol. The van der Waals surface area contributed by atoms with Gasteiger partial charge in [-0.2, -0.15) is 0 Å². The third-order valence-corrected chi connectivity index (χ3v) is 1.02. The highest BCUT2D eigenvalue weighted by molar-refractivity contribution is 5.87. The van der Waals surface area contributed by atoms with Crippen molar-refractivity contribution in [3.8, 4) is 0 Å². The average molecular weight is 241 g/mol. The van der Waals surface area contributed by atoms with Crippen LogP contribution in [0.25, 0.3) is 0 Å². The third kappa shape index (κ3) is 14.4. The number of carbonyl (C=O) groups is 1. The molecule has 3 radical (unpaired) electrons. The van der Waals surface area contributed by atoms with E-state index >= 15 is 0 Å². The summed E-state index contributed by atoms with van der Waals surface area (Å²) in [4.78, 5) is 10.2. The van der Waals surface area contributed by atoms with Crippen LogP contribution in [0, 0.1) is 10.8 Å². The Morgan fingerprint density at radius 2 is 1.25 bits per heavy atom. The van der Waals surface area contributed by atoms with Gasteiger partial charge in [0.1, 0.15) is 0 Å². The fourth-order valence-corrected chi connectivity index (χ4v) is 0.581. The molecule has 0 aromatic heterocycles. The molecule has 1 aromatic carbocycles. The van der Waals surface area contributed by atoms with Gasteiger partial charge in [-0.25, -0.2) is 4.79 Å². The summed E-state index contributed by atoms with van der Waals surface area (Å²) in [5.74, 6) is -0.879. The Kier molecular flexibility index (Phi) is 53.4. The lowest BCUT2D eigenvalue weighted by Crippen LogP contribution is -1.93. The first kappa shape index (κ1) is 37.1. The van der Waals surface area contributed by atoms with Crippen molar-refractivity contribution in [3.05, 3.63) is 35.9 Å². The summed E-state index contributed by atoms with van der Waals surface area (Å²) >= 11 is 0. The molecule has 1 aromatic rings. The largest absolute Gasteiger partial charge is 0.478 e.